The van der Waals surface area contributed by atoms with Gasteiger partial charge in [0.2, 0.25) is 0 Å². The van der Waals surface area contributed by atoms with Gasteiger partial charge in [0.15, 0.2) is 0 Å². The SMILES string of the molecule is CNC(CC1COCCN1)c1c[nH]c2ccccc12. The van der Waals surface area contributed by atoms with Gasteiger partial charge in [-0.25, -0.2) is 0 Å². The van der Waals surface area contributed by atoms with Crippen LogP contribution in [-0.4, -0.2) is 37.8 Å². The molecule has 1 aromatic carbocycles. The summed E-state index contributed by atoms with van der Waals surface area (Å²) < 4.78 is 5.53. The van der Waals surface area contributed by atoms with Crippen molar-refractivity contribution in [3.8, 4) is 0 Å². The lowest BCUT2D eigenvalue weighted by molar-refractivity contribution is 0.0709. The van der Waals surface area contributed by atoms with Crippen LogP contribution in [0.3, 0.4) is 0 Å². The Balaban J connectivity index is 1.81. The molecule has 4 heteroatoms. The summed E-state index contributed by atoms with van der Waals surface area (Å²) in [5.41, 5.74) is 2.54. The number of benzene rings is 1. The molecule has 1 saturated heterocycles. The van der Waals surface area contributed by atoms with Crippen LogP contribution in [0.25, 0.3) is 10.9 Å². The van der Waals surface area contributed by atoms with E-state index in [0.29, 0.717) is 12.1 Å². The first-order valence-corrected chi connectivity index (χ1v) is 6.93. The Labute approximate surface area is 113 Å². The highest BCUT2D eigenvalue weighted by atomic mass is 16.5. The lowest BCUT2D eigenvalue weighted by Crippen LogP contribution is -2.43. The van der Waals surface area contributed by atoms with Crippen molar-refractivity contribution < 1.29 is 4.74 Å². The minimum atomic E-state index is 0.343. The monoisotopic (exact) mass is 259 g/mol. The van der Waals surface area contributed by atoms with E-state index in [1.165, 1.54) is 16.5 Å². The zero-order valence-electron chi connectivity index (χ0n) is 11.3. The van der Waals surface area contributed by atoms with Crippen molar-refractivity contribution in [2.24, 2.45) is 0 Å². The third-order valence-corrected chi connectivity index (χ3v) is 3.86. The smallest absolute Gasteiger partial charge is 0.0620 e. The van der Waals surface area contributed by atoms with Gasteiger partial charge in [0.05, 0.1) is 13.2 Å². The Hall–Kier alpha value is -1.36. The first-order chi connectivity index (χ1) is 9.38. The molecule has 1 fully saturated rings. The zero-order chi connectivity index (χ0) is 13.1. The fraction of sp³-hybridized carbons (Fsp3) is 0.467. The molecule has 0 bridgehead atoms. The molecule has 0 aliphatic carbocycles. The van der Waals surface area contributed by atoms with Crippen LogP contribution in [0.1, 0.15) is 18.0 Å². The van der Waals surface area contributed by atoms with Crippen molar-refractivity contribution in [1.29, 1.82) is 0 Å². The fourth-order valence-corrected chi connectivity index (χ4v) is 2.84. The van der Waals surface area contributed by atoms with E-state index >= 15 is 0 Å². The zero-order valence-corrected chi connectivity index (χ0v) is 11.3. The normalized spacial score (nSPS) is 21.6. The molecule has 2 unspecified atom stereocenters. The molecule has 3 N–H and O–H groups in total. The maximum atomic E-state index is 5.53. The van der Waals surface area contributed by atoms with E-state index < -0.39 is 0 Å². The van der Waals surface area contributed by atoms with Gasteiger partial charge in [-0.3, -0.25) is 0 Å². The number of ether oxygens (including phenoxy) is 1. The number of nitrogens with one attached hydrogen (secondary N) is 3. The molecule has 0 saturated carbocycles. The first-order valence-electron chi connectivity index (χ1n) is 6.93. The van der Waals surface area contributed by atoms with E-state index in [2.05, 4.69) is 46.1 Å². The summed E-state index contributed by atoms with van der Waals surface area (Å²) in [6.07, 6.45) is 3.16. The Morgan fingerprint density at radius 3 is 3.11 bits per heavy atom. The summed E-state index contributed by atoms with van der Waals surface area (Å²) >= 11 is 0. The van der Waals surface area contributed by atoms with Crippen LogP contribution in [0.4, 0.5) is 0 Å². The number of H-pyrrole nitrogens is 1. The van der Waals surface area contributed by atoms with E-state index in [0.717, 1.165) is 26.2 Å². The van der Waals surface area contributed by atoms with Gasteiger partial charge in [0, 0.05) is 35.7 Å². The van der Waals surface area contributed by atoms with Crippen LogP contribution in [0.5, 0.6) is 0 Å². The van der Waals surface area contributed by atoms with Crippen LogP contribution in [0, 0.1) is 0 Å². The predicted octanol–water partition coefficient (Wildman–Crippen LogP) is 1.81. The minimum absolute atomic E-state index is 0.343. The highest BCUT2D eigenvalue weighted by molar-refractivity contribution is 5.83. The number of morpholine rings is 1. The van der Waals surface area contributed by atoms with E-state index in [1.54, 1.807) is 0 Å². The van der Waals surface area contributed by atoms with Crippen LogP contribution in [0.15, 0.2) is 30.5 Å². The van der Waals surface area contributed by atoms with Crippen LogP contribution < -0.4 is 10.6 Å². The average Bonchev–Trinajstić information content (AvgIpc) is 2.90. The van der Waals surface area contributed by atoms with Crippen molar-refractivity contribution >= 4 is 10.9 Å². The number of hydrogen-bond acceptors (Lipinski definition) is 3. The molecular formula is C15H21N3O. The molecule has 2 atom stereocenters. The summed E-state index contributed by atoms with van der Waals surface area (Å²) in [6, 6.07) is 9.22. The second kappa shape index (κ2) is 5.74. The Morgan fingerprint density at radius 1 is 1.42 bits per heavy atom. The highest BCUT2D eigenvalue weighted by Crippen LogP contribution is 2.27. The number of aromatic amines is 1. The molecule has 3 rings (SSSR count). The van der Waals surface area contributed by atoms with E-state index in [9.17, 15) is 0 Å². The summed E-state index contributed by atoms with van der Waals surface area (Å²) in [5.74, 6) is 0. The molecule has 0 radical (unpaired) electrons. The van der Waals surface area contributed by atoms with Crippen LogP contribution >= 0.6 is 0 Å². The molecule has 4 nitrogen and oxygen atoms in total. The lowest BCUT2D eigenvalue weighted by atomic mass is 9.98. The summed E-state index contributed by atoms with van der Waals surface area (Å²) in [4.78, 5) is 3.35. The van der Waals surface area contributed by atoms with Crippen molar-refractivity contribution in [2.45, 2.75) is 18.5 Å². The first kappa shape index (κ1) is 12.7. The second-order valence-corrected chi connectivity index (χ2v) is 5.09. The molecule has 102 valence electrons. The van der Waals surface area contributed by atoms with E-state index in [1.807, 2.05) is 7.05 Å². The molecule has 0 amide bonds. The molecule has 1 aliphatic rings. The Kier molecular flexibility index (Phi) is 3.82. The second-order valence-electron chi connectivity index (χ2n) is 5.09. The largest absolute Gasteiger partial charge is 0.379 e. The quantitative estimate of drug-likeness (QED) is 0.785. The van der Waals surface area contributed by atoms with Gasteiger partial charge in [-0.1, -0.05) is 18.2 Å². The van der Waals surface area contributed by atoms with Gasteiger partial charge in [0.25, 0.3) is 0 Å². The molecule has 0 spiro atoms. The molecule has 1 aromatic heterocycles. The van der Waals surface area contributed by atoms with Gasteiger partial charge in [0.1, 0.15) is 0 Å². The maximum Gasteiger partial charge on any atom is 0.0620 e. The van der Waals surface area contributed by atoms with Gasteiger partial charge >= 0.3 is 0 Å². The fourth-order valence-electron chi connectivity index (χ4n) is 2.84. The highest BCUT2D eigenvalue weighted by Gasteiger charge is 2.21. The topological polar surface area (TPSA) is 49.1 Å². The molecule has 2 aromatic rings. The molecule has 2 heterocycles. The van der Waals surface area contributed by atoms with Crippen molar-refractivity contribution in [1.82, 2.24) is 15.6 Å². The summed E-state index contributed by atoms with van der Waals surface area (Å²) in [6.45, 7) is 2.59. The standard InChI is InChI=1S/C15H21N3O/c1-16-15(8-11-10-19-7-6-17-11)13-9-18-14-5-3-2-4-12(13)14/h2-5,9,11,15-18H,6-8,10H2,1H3. The van der Waals surface area contributed by atoms with Crippen LogP contribution in [0.2, 0.25) is 0 Å². The van der Waals surface area contributed by atoms with Gasteiger partial charge in [-0.15, -0.1) is 0 Å². The minimum Gasteiger partial charge on any atom is -0.379 e. The van der Waals surface area contributed by atoms with Gasteiger partial charge in [-0.2, -0.15) is 0 Å². The molecular weight excluding hydrogens is 238 g/mol. The number of fused-ring (bicyclic) bond motifs is 1. The number of para-hydroxylation sites is 1. The average molecular weight is 259 g/mol. The third kappa shape index (κ3) is 2.66. The van der Waals surface area contributed by atoms with E-state index in [-0.39, 0.29) is 0 Å². The van der Waals surface area contributed by atoms with Gasteiger partial charge < -0.3 is 20.4 Å². The number of aromatic nitrogens is 1. The Bertz CT molecular complexity index is 531. The van der Waals surface area contributed by atoms with E-state index in [4.69, 9.17) is 4.74 Å². The Morgan fingerprint density at radius 2 is 2.32 bits per heavy atom. The number of rotatable bonds is 4. The predicted molar refractivity (Wildman–Crippen MR) is 77.3 cm³/mol. The van der Waals surface area contributed by atoms with Crippen molar-refractivity contribution in [2.75, 3.05) is 26.8 Å². The lowest BCUT2D eigenvalue weighted by Gasteiger charge is -2.27. The summed E-state index contributed by atoms with van der Waals surface area (Å²) in [7, 11) is 2.02. The van der Waals surface area contributed by atoms with Gasteiger partial charge in [-0.05, 0) is 25.1 Å². The maximum absolute atomic E-state index is 5.53. The van der Waals surface area contributed by atoms with Crippen molar-refractivity contribution in [3.05, 3.63) is 36.0 Å². The molecule has 19 heavy (non-hydrogen) atoms. The number of hydrogen-bond donors (Lipinski definition) is 3. The van der Waals surface area contributed by atoms with Crippen LogP contribution in [-0.2, 0) is 4.74 Å². The summed E-state index contributed by atoms with van der Waals surface area (Å²) in [5, 5.41) is 8.25. The third-order valence-electron chi connectivity index (χ3n) is 3.86. The van der Waals surface area contributed by atoms with Crippen molar-refractivity contribution in [3.63, 3.8) is 0 Å². The molecule has 1 aliphatic heterocycles.